The summed E-state index contributed by atoms with van der Waals surface area (Å²) < 4.78 is 54.2. The van der Waals surface area contributed by atoms with Gasteiger partial charge in [-0.25, -0.2) is 32.3 Å². The minimum absolute atomic E-state index is 0.000892. The molecule has 7 nitrogen and oxygen atoms in total. The Bertz CT molecular complexity index is 1130. The topological polar surface area (TPSA) is 118 Å². The minimum atomic E-state index is -4.51. The summed E-state index contributed by atoms with van der Waals surface area (Å²) in [5.41, 5.74) is -1.15. The number of hydrogen-bond acceptors (Lipinski definition) is 5. The van der Waals surface area contributed by atoms with Crippen LogP contribution < -0.4 is 10.3 Å². The van der Waals surface area contributed by atoms with E-state index in [0.29, 0.717) is 17.7 Å². The molecule has 30 heavy (non-hydrogen) atoms. The quantitative estimate of drug-likeness (QED) is 0.284. The van der Waals surface area contributed by atoms with Gasteiger partial charge in [-0.2, -0.15) is 0 Å². The van der Waals surface area contributed by atoms with E-state index in [4.69, 9.17) is 10.9 Å². The van der Waals surface area contributed by atoms with E-state index in [-0.39, 0.29) is 21.7 Å². The molecule has 0 spiro atoms. The van der Waals surface area contributed by atoms with E-state index < -0.39 is 44.1 Å². The number of rotatable bonds is 8. The van der Waals surface area contributed by atoms with Gasteiger partial charge >= 0.3 is 5.97 Å². The van der Waals surface area contributed by atoms with Crippen molar-refractivity contribution in [1.82, 2.24) is 0 Å². The van der Waals surface area contributed by atoms with Crippen LogP contribution in [-0.4, -0.2) is 25.3 Å². The number of ketones is 1. The fourth-order valence-corrected chi connectivity index (χ4v) is 4.38. The summed E-state index contributed by atoms with van der Waals surface area (Å²) in [4.78, 5) is 23.0. The standard InChI is InChI=1S/C20H18F2N2O5S/c1-2-18(11-3-5-12(6-4-11)19(25)13-7-8-13)30(28,29)24(23)17-10-15(21)14(20(26)27)9-16(17)22/h2-6,9-10,13,18H,1,7-8,23H2,(H,26,27). The predicted molar refractivity (Wildman–Crippen MR) is 105 cm³/mol. The van der Waals surface area contributed by atoms with E-state index >= 15 is 0 Å². The van der Waals surface area contributed by atoms with Crippen molar-refractivity contribution in [2.24, 2.45) is 11.8 Å². The molecule has 2 aromatic carbocycles. The molecule has 1 fully saturated rings. The first-order valence-corrected chi connectivity index (χ1v) is 10.4. The van der Waals surface area contributed by atoms with Gasteiger partial charge in [0.25, 0.3) is 10.0 Å². The van der Waals surface area contributed by atoms with Gasteiger partial charge in [0.1, 0.15) is 22.6 Å². The van der Waals surface area contributed by atoms with Crippen molar-refractivity contribution < 1.29 is 31.9 Å². The second-order valence-electron chi connectivity index (χ2n) is 6.85. The Morgan fingerprint density at radius 2 is 1.77 bits per heavy atom. The highest BCUT2D eigenvalue weighted by Gasteiger charge is 2.34. The third kappa shape index (κ3) is 3.96. The molecule has 158 valence electrons. The molecule has 0 aromatic heterocycles. The summed E-state index contributed by atoms with van der Waals surface area (Å²) in [6, 6.07) is 6.59. The summed E-state index contributed by atoms with van der Waals surface area (Å²) in [5.74, 6) is 1.20. The van der Waals surface area contributed by atoms with Gasteiger partial charge in [0.15, 0.2) is 5.78 Å². The van der Waals surface area contributed by atoms with E-state index in [2.05, 4.69) is 6.58 Å². The third-order valence-electron chi connectivity index (χ3n) is 4.79. The van der Waals surface area contributed by atoms with Crippen LogP contribution in [0.4, 0.5) is 14.5 Å². The maximum atomic E-state index is 14.3. The van der Waals surface area contributed by atoms with Gasteiger partial charge in [0.2, 0.25) is 0 Å². The largest absolute Gasteiger partial charge is 0.478 e. The number of anilines is 1. The molecule has 1 atom stereocenters. The van der Waals surface area contributed by atoms with Crippen LogP contribution in [0.1, 0.15) is 44.4 Å². The van der Waals surface area contributed by atoms with Crippen molar-refractivity contribution in [3.05, 3.63) is 77.4 Å². The van der Waals surface area contributed by atoms with Gasteiger partial charge in [0.05, 0.1) is 5.56 Å². The van der Waals surface area contributed by atoms with Crippen molar-refractivity contribution in [3.8, 4) is 0 Å². The van der Waals surface area contributed by atoms with Gasteiger partial charge in [-0.05, 0) is 24.5 Å². The molecule has 0 amide bonds. The number of halogens is 2. The van der Waals surface area contributed by atoms with Crippen LogP contribution in [0.25, 0.3) is 0 Å². The number of carbonyl (C=O) groups is 2. The Balaban J connectivity index is 1.94. The van der Waals surface area contributed by atoms with E-state index in [1.165, 1.54) is 24.3 Å². The summed E-state index contributed by atoms with van der Waals surface area (Å²) in [6.45, 7) is 3.48. The van der Waals surface area contributed by atoms with Gasteiger partial charge in [0, 0.05) is 17.5 Å². The maximum Gasteiger partial charge on any atom is 0.338 e. The molecule has 2 aromatic rings. The van der Waals surface area contributed by atoms with Crippen molar-refractivity contribution >= 4 is 27.5 Å². The summed E-state index contributed by atoms with van der Waals surface area (Å²) in [7, 11) is -4.51. The number of hydrogen-bond donors (Lipinski definition) is 2. The normalized spacial score (nSPS) is 14.8. The Morgan fingerprint density at radius 1 is 1.17 bits per heavy atom. The number of carboxylic acids is 1. The lowest BCUT2D eigenvalue weighted by Gasteiger charge is -2.24. The van der Waals surface area contributed by atoms with E-state index in [1.54, 1.807) is 0 Å². The van der Waals surface area contributed by atoms with E-state index in [9.17, 15) is 26.8 Å². The molecular weight excluding hydrogens is 418 g/mol. The monoisotopic (exact) mass is 436 g/mol. The number of nitrogens with zero attached hydrogens (tertiary/aromatic N) is 1. The second-order valence-corrected chi connectivity index (χ2v) is 8.78. The smallest absolute Gasteiger partial charge is 0.338 e. The average Bonchev–Trinajstić information content (AvgIpc) is 3.54. The number of carbonyl (C=O) groups excluding carboxylic acids is 1. The zero-order valence-electron chi connectivity index (χ0n) is 15.6. The Labute approximate surface area is 171 Å². The van der Waals surface area contributed by atoms with E-state index in [0.717, 1.165) is 18.9 Å². The number of nitrogens with two attached hydrogens (primary N) is 1. The number of sulfonamides is 1. The van der Waals surface area contributed by atoms with Gasteiger partial charge in [-0.15, -0.1) is 6.58 Å². The van der Waals surface area contributed by atoms with Crippen LogP contribution in [0.3, 0.4) is 0 Å². The van der Waals surface area contributed by atoms with Crippen LogP contribution >= 0.6 is 0 Å². The molecule has 0 heterocycles. The molecule has 3 N–H and O–H groups in total. The van der Waals surface area contributed by atoms with Crippen LogP contribution in [0, 0.1) is 17.6 Å². The van der Waals surface area contributed by atoms with Crippen LogP contribution in [0.15, 0.2) is 49.1 Å². The summed E-state index contributed by atoms with van der Waals surface area (Å²) in [6.07, 6.45) is 2.72. The minimum Gasteiger partial charge on any atom is -0.478 e. The summed E-state index contributed by atoms with van der Waals surface area (Å²) >= 11 is 0. The van der Waals surface area contributed by atoms with Crippen molar-refractivity contribution in [2.45, 2.75) is 18.1 Å². The number of aromatic carboxylic acids is 1. The molecule has 0 radical (unpaired) electrons. The average molecular weight is 436 g/mol. The Hall–Kier alpha value is -3.11. The SMILES string of the molecule is C=CC(c1ccc(C(=O)C2CC2)cc1)S(=O)(=O)N(N)c1cc(F)c(C(=O)O)cc1F. The van der Waals surface area contributed by atoms with Gasteiger partial charge in [-0.1, -0.05) is 30.3 Å². The molecule has 1 aliphatic carbocycles. The number of benzene rings is 2. The van der Waals surface area contributed by atoms with E-state index in [1.807, 2.05) is 0 Å². The molecule has 10 heteroatoms. The zero-order valence-corrected chi connectivity index (χ0v) is 16.4. The van der Waals surface area contributed by atoms with Gasteiger partial charge < -0.3 is 5.11 Å². The molecule has 0 saturated heterocycles. The maximum absolute atomic E-state index is 14.3. The molecule has 3 rings (SSSR count). The molecule has 0 bridgehead atoms. The Kier molecular flexibility index (Phi) is 5.73. The van der Waals surface area contributed by atoms with Gasteiger partial charge in [-0.3, -0.25) is 4.79 Å². The zero-order chi connectivity index (χ0) is 22.2. The third-order valence-corrected chi connectivity index (χ3v) is 6.64. The highest BCUT2D eigenvalue weighted by Crippen LogP contribution is 2.34. The molecule has 0 aliphatic heterocycles. The number of Topliss-reactive ketones (excluding diaryl/α,β-unsaturated/α-hetero) is 1. The van der Waals surface area contributed by atoms with Crippen molar-refractivity contribution in [2.75, 3.05) is 4.41 Å². The first-order valence-electron chi connectivity index (χ1n) is 8.85. The fourth-order valence-electron chi connectivity index (χ4n) is 2.98. The van der Waals surface area contributed by atoms with Crippen LogP contribution in [0.5, 0.6) is 0 Å². The Morgan fingerprint density at radius 3 is 2.27 bits per heavy atom. The molecule has 1 unspecified atom stereocenters. The highest BCUT2D eigenvalue weighted by atomic mass is 32.2. The molecule has 1 aliphatic rings. The first kappa shape index (κ1) is 21.6. The lowest BCUT2D eigenvalue weighted by atomic mass is 10.0. The van der Waals surface area contributed by atoms with Crippen molar-refractivity contribution in [1.29, 1.82) is 0 Å². The molecular formula is C20H18F2N2O5S. The first-order chi connectivity index (χ1) is 14.1. The highest BCUT2D eigenvalue weighted by molar-refractivity contribution is 7.93. The molecule has 1 saturated carbocycles. The lowest BCUT2D eigenvalue weighted by molar-refractivity contribution is 0.0691. The number of carboxylic acid groups (broad SMARTS) is 1. The van der Waals surface area contributed by atoms with Crippen LogP contribution in [-0.2, 0) is 10.0 Å². The fraction of sp³-hybridized carbons (Fsp3) is 0.200. The second kappa shape index (κ2) is 7.96. The van der Waals surface area contributed by atoms with Crippen molar-refractivity contribution in [3.63, 3.8) is 0 Å². The number of hydrazine groups is 1. The van der Waals surface area contributed by atoms with Crippen LogP contribution in [0.2, 0.25) is 0 Å². The summed E-state index contributed by atoms with van der Waals surface area (Å²) in [5, 5.41) is 7.42. The lowest BCUT2D eigenvalue weighted by Crippen LogP contribution is -2.40. The predicted octanol–water partition coefficient (Wildman–Crippen LogP) is 3.19.